The van der Waals surface area contributed by atoms with Crippen molar-refractivity contribution in [1.29, 1.82) is 0 Å². The molecular formula is C16H17N5O5S. The molecule has 0 aromatic carbocycles. The maximum Gasteiger partial charge on any atom is 0.331 e. The summed E-state index contributed by atoms with van der Waals surface area (Å²) in [4.78, 5) is 40.6. The number of aryl methyl sites for hydroxylation is 1. The first-order valence-corrected chi connectivity index (χ1v) is 9.84. The zero-order valence-corrected chi connectivity index (χ0v) is 15.2. The molecule has 0 aliphatic carbocycles. The average molecular weight is 391 g/mol. The van der Waals surface area contributed by atoms with Gasteiger partial charge >= 0.3 is 5.69 Å². The molecule has 0 saturated carbocycles. The zero-order chi connectivity index (χ0) is 19.6. The largest absolute Gasteiger partial charge is 0.331 e. The second-order valence-corrected chi connectivity index (χ2v) is 8.32. The molecule has 1 N–H and O–H groups in total. The molecule has 0 bridgehead atoms. The van der Waals surface area contributed by atoms with Gasteiger partial charge in [0.2, 0.25) is 0 Å². The number of hydrogen-bond donors (Lipinski definition) is 1. The van der Waals surface area contributed by atoms with Gasteiger partial charge in [-0.05, 0) is 24.6 Å². The van der Waals surface area contributed by atoms with E-state index in [1.807, 2.05) is 0 Å². The molecule has 3 rings (SSSR count). The van der Waals surface area contributed by atoms with Crippen molar-refractivity contribution in [3.8, 4) is 0 Å². The average Bonchev–Trinajstić information content (AvgIpc) is 2.58. The molecule has 142 valence electrons. The van der Waals surface area contributed by atoms with E-state index in [9.17, 15) is 22.8 Å². The van der Waals surface area contributed by atoms with E-state index in [0.29, 0.717) is 5.69 Å². The summed E-state index contributed by atoms with van der Waals surface area (Å²) >= 11 is 0. The van der Waals surface area contributed by atoms with E-state index in [0.717, 1.165) is 14.7 Å². The minimum atomic E-state index is -3.21. The summed E-state index contributed by atoms with van der Waals surface area (Å²) in [6.07, 6.45) is 4.58. The van der Waals surface area contributed by atoms with Gasteiger partial charge in [0.1, 0.15) is 6.54 Å². The SMILES string of the molecule is Cc1cc(=O)n(C2CS(=O)(=O)C2)c(=O)n1CC(=O)NN=Cc1ccncc1. The van der Waals surface area contributed by atoms with Crippen LogP contribution in [0.1, 0.15) is 17.3 Å². The lowest BCUT2D eigenvalue weighted by atomic mass is 10.3. The number of hydrazone groups is 1. The maximum atomic E-state index is 12.6. The Bertz CT molecular complexity index is 1110. The first-order chi connectivity index (χ1) is 12.8. The van der Waals surface area contributed by atoms with Crippen molar-refractivity contribution in [1.82, 2.24) is 19.5 Å². The van der Waals surface area contributed by atoms with E-state index in [-0.39, 0.29) is 18.1 Å². The zero-order valence-electron chi connectivity index (χ0n) is 14.4. The Balaban J connectivity index is 1.76. The topological polar surface area (TPSA) is 132 Å². The van der Waals surface area contributed by atoms with Crippen molar-refractivity contribution in [2.45, 2.75) is 19.5 Å². The Hall–Kier alpha value is -3.08. The molecule has 10 nitrogen and oxygen atoms in total. The van der Waals surface area contributed by atoms with Crippen LogP contribution in [0.4, 0.5) is 0 Å². The lowest BCUT2D eigenvalue weighted by Crippen LogP contribution is -2.51. The van der Waals surface area contributed by atoms with Crippen LogP contribution in [0.2, 0.25) is 0 Å². The minimum Gasteiger partial charge on any atom is -0.288 e. The van der Waals surface area contributed by atoms with E-state index in [1.54, 1.807) is 24.5 Å². The molecule has 1 fully saturated rings. The van der Waals surface area contributed by atoms with Gasteiger partial charge in [0.05, 0.1) is 23.8 Å². The molecule has 2 aromatic heterocycles. The van der Waals surface area contributed by atoms with Crippen molar-refractivity contribution in [2.24, 2.45) is 5.10 Å². The van der Waals surface area contributed by atoms with Crippen LogP contribution in [0.5, 0.6) is 0 Å². The lowest BCUT2D eigenvalue weighted by molar-refractivity contribution is -0.121. The summed E-state index contributed by atoms with van der Waals surface area (Å²) in [5.41, 5.74) is 2.05. The number of nitrogens with one attached hydrogen (secondary N) is 1. The first-order valence-electron chi connectivity index (χ1n) is 8.02. The summed E-state index contributed by atoms with van der Waals surface area (Å²) < 4.78 is 24.7. The van der Waals surface area contributed by atoms with Gasteiger partial charge in [-0.15, -0.1) is 0 Å². The van der Waals surface area contributed by atoms with Crippen molar-refractivity contribution in [3.05, 3.63) is 62.7 Å². The molecule has 1 saturated heterocycles. The fraction of sp³-hybridized carbons (Fsp3) is 0.312. The van der Waals surface area contributed by atoms with Gasteiger partial charge in [-0.2, -0.15) is 5.10 Å². The molecule has 0 spiro atoms. The second kappa shape index (κ2) is 7.27. The van der Waals surface area contributed by atoms with Gasteiger partial charge in [0.15, 0.2) is 9.84 Å². The third-order valence-corrected chi connectivity index (χ3v) is 5.89. The number of sulfone groups is 1. The summed E-state index contributed by atoms with van der Waals surface area (Å²) in [5.74, 6) is -1.07. The Labute approximate surface area is 154 Å². The quantitative estimate of drug-likeness (QED) is 0.505. The number of carbonyl (C=O) groups is 1. The van der Waals surface area contributed by atoms with Gasteiger partial charge in [-0.25, -0.2) is 18.6 Å². The smallest absolute Gasteiger partial charge is 0.288 e. The highest BCUT2D eigenvalue weighted by atomic mass is 32.2. The van der Waals surface area contributed by atoms with Gasteiger partial charge in [-0.3, -0.25) is 23.7 Å². The van der Waals surface area contributed by atoms with E-state index in [1.165, 1.54) is 19.2 Å². The minimum absolute atomic E-state index is 0.256. The number of hydrogen-bond acceptors (Lipinski definition) is 7. The highest BCUT2D eigenvalue weighted by Crippen LogP contribution is 2.20. The van der Waals surface area contributed by atoms with Crippen LogP contribution in [0.15, 0.2) is 45.3 Å². The van der Waals surface area contributed by atoms with Crippen molar-refractivity contribution >= 4 is 22.0 Å². The highest BCUT2D eigenvalue weighted by molar-refractivity contribution is 7.92. The molecule has 0 atom stereocenters. The standard InChI is InChI=1S/C16H17N5O5S/c1-11-6-15(23)21(13-9-27(25,26)10-13)16(24)20(11)8-14(22)19-18-7-12-2-4-17-5-3-12/h2-7,13H,8-10H2,1H3,(H,19,22). The molecule has 1 aliphatic heterocycles. The van der Waals surface area contributed by atoms with Crippen molar-refractivity contribution in [2.75, 3.05) is 11.5 Å². The molecule has 0 unspecified atom stereocenters. The van der Waals surface area contributed by atoms with Crippen LogP contribution in [0, 0.1) is 6.92 Å². The first kappa shape index (κ1) is 18.7. The Kier molecular flexibility index (Phi) is 5.04. The van der Waals surface area contributed by atoms with E-state index < -0.39 is 33.0 Å². The molecule has 11 heteroatoms. The van der Waals surface area contributed by atoms with Gasteiger partial charge in [0, 0.05) is 24.2 Å². The van der Waals surface area contributed by atoms with E-state index >= 15 is 0 Å². The van der Waals surface area contributed by atoms with Gasteiger partial charge in [-0.1, -0.05) is 0 Å². The Morgan fingerprint density at radius 3 is 2.63 bits per heavy atom. The monoisotopic (exact) mass is 391 g/mol. The molecule has 0 radical (unpaired) electrons. The summed E-state index contributed by atoms with van der Waals surface area (Å²) in [6, 6.07) is 3.91. The molecular weight excluding hydrogens is 374 g/mol. The summed E-state index contributed by atoms with van der Waals surface area (Å²) in [7, 11) is -3.21. The molecule has 1 amide bonds. The van der Waals surface area contributed by atoms with E-state index in [2.05, 4.69) is 15.5 Å². The molecule has 1 aliphatic rings. The van der Waals surface area contributed by atoms with Crippen LogP contribution in [0.25, 0.3) is 0 Å². The maximum absolute atomic E-state index is 12.6. The fourth-order valence-corrected chi connectivity index (χ4v) is 4.10. The van der Waals surface area contributed by atoms with Crippen LogP contribution >= 0.6 is 0 Å². The number of pyridine rings is 1. The highest BCUT2D eigenvalue weighted by Gasteiger charge is 2.36. The third kappa shape index (κ3) is 4.19. The van der Waals surface area contributed by atoms with Crippen molar-refractivity contribution < 1.29 is 13.2 Å². The normalized spacial score (nSPS) is 16.2. The molecule has 27 heavy (non-hydrogen) atoms. The number of amides is 1. The lowest BCUT2D eigenvalue weighted by Gasteiger charge is -2.27. The van der Waals surface area contributed by atoms with Gasteiger partial charge < -0.3 is 0 Å². The number of nitrogens with zero attached hydrogens (tertiary/aromatic N) is 4. The van der Waals surface area contributed by atoms with Crippen LogP contribution in [0.3, 0.4) is 0 Å². The van der Waals surface area contributed by atoms with Gasteiger partial charge in [0.25, 0.3) is 11.5 Å². The number of carbonyl (C=O) groups excluding carboxylic acids is 1. The van der Waals surface area contributed by atoms with Crippen LogP contribution < -0.4 is 16.7 Å². The summed E-state index contributed by atoms with van der Waals surface area (Å²) in [5, 5.41) is 3.80. The second-order valence-electron chi connectivity index (χ2n) is 6.17. The predicted octanol–water partition coefficient (Wildman–Crippen LogP) is -1.17. The van der Waals surface area contributed by atoms with Crippen molar-refractivity contribution in [3.63, 3.8) is 0 Å². The third-order valence-electron chi connectivity index (χ3n) is 4.10. The fourth-order valence-electron chi connectivity index (χ4n) is 2.72. The Morgan fingerprint density at radius 1 is 1.33 bits per heavy atom. The molecule has 3 heterocycles. The van der Waals surface area contributed by atoms with Crippen LogP contribution in [-0.4, -0.2) is 46.2 Å². The number of aromatic nitrogens is 3. The number of rotatable bonds is 5. The van der Waals surface area contributed by atoms with E-state index in [4.69, 9.17) is 0 Å². The predicted molar refractivity (Wildman–Crippen MR) is 97.4 cm³/mol. The van der Waals surface area contributed by atoms with Crippen LogP contribution in [-0.2, 0) is 21.2 Å². The summed E-state index contributed by atoms with van der Waals surface area (Å²) in [6.45, 7) is 1.18. The molecule has 2 aromatic rings. The Morgan fingerprint density at radius 2 is 2.00 bits per heavy atom.